The number of pyridine rings is 2. The quantitative estimate of drug-likeness (QED) is 0.362. The normalized spacial score (nSPS) is 19.3. The van der Waals surface area contributed by atoms with Gasteiger partial charge in [-0.25, -0.2) is 9.97 Å². The molecular formula is C22H19F6N7. The van der Waals surface area contributed by atoms with Crippen molar-refractivity contribution >= 4 is 28.2 Å². The Bertz CT molecular complexity index is 1360. The molecule has 2 unspecified atom stereocenters. The molecule has 1 aliphatic carbocycles. The summed E-state index contributed by atoms with van der Waals surface area (Å²) in [6, 6.07) is 6.31. The second-order valence-electron chi connectivity index (χ2n) is 8.40. The van der Waals surface area contributed by atoms with E-state index >= 15 is 0 Å². The monoisotopic (exact) mass is 495 g/mol. The van der Waals surface area contributed by atoms with Crippen LogP contribution in [0.3, 0.4) is 0 Å². The van der Waals surface area contributed by atoms with E-state index in [1.165, 1.54) is 0 Å². The molecule has 0 aliphatic heterocycles. The van der Waals surface area contributed by atoms with Crippen molar-refractivity contribution in [3.05, 3.63) is 54.1 Å². The van der Waals surface area contributed by atoms with E-state index in [4.69, 9.17) is 0 Å². The van der Waals surface area contributed by atoms with Gasteiger partial charge in [0.2, 0.25) is 0 Å². The van der Waals surface area contributed by atoms with E-state index in [9.17, 15) is 26.3 Å². The Labute approximate surface area is 194 Å². The number of nitrogens with one attached hydrogen (secondary N) is 2. The average Bonchev–Trinajstić information content (AvgIpc) is 3.25. The molecule has 0 amide bonds. The highest BCUT2D eigenvalue weighted by Gasteiger charge is 2.37. The van der Waals surface area contributed by atoms with Crippen LogP contribution in [-0.2, 0) is 12.4 Å². The van der Waals surface area contributed by atoms with Gasteiger partial charge in [-0.05, 0) is 43.9 Å². The fraction of sp³-hybridized carbons (Fsp3) is 0.364. The minimum absolute atomic E-state index is 0.0534. The topological polar surface area (TPSA) is 80.0 Å². The van der Waals surface area contributed by atoms with Gasteiger partial charge in [0.25, 0.3) is 0 Å². The number of aromatic nitrogens is 5. The first-order chi connectivity index (χ1) is 16.6. The van der Waals surface area contributed by atoms with Gasteiger partial charge >= 0.3 is 12.4 Å². The fourth-order valence-corrected chi connectivity index (χ4v) is 4.33. The maximum absolute atomic E-state index is 13.4. The van der Waals surface area contributed by atoms with Crippen molar-refractivity contribution in [2.45, 2.75) is 50.1 Å². The molecular weight excluding hydrogens is 476 g/mol. The third kappa shape index (κ3) is 4.80. The number of alkyl halides is 6. The zero-order chi connectivity index (χ0) is 24.8. The lowest BCUT2D eigenvalue weighted by Gasteiger charge is -2.31. The number of nitrogens with zero attached hydrogens (tertiary/aromatic N) is 5. The molecule has 0 bridgehead atoms. The summed E-state index contributed by atoms with van der Waals surface area (Å²) in [6.45, 7) is 0. The van der Waals surface area contributed by atoms with Crippen LogP contribution < -0.4 is 10.6 Å². The first kappa shape index (κ1) is 23.1. The van der Waals surface area contributed by atoms with Crippen LogP contribution in [0.5, 0.6) is 0 Å². The minimum Gasteiger partial charge on any atom is -0.367 e. The standard InChI is InChI=1S/C22H19F6N7/c23-21(24,25)16-10-18(35-19(33-16)11-17(34-35)22(26,27)28)31-12-3-1-4-13(9-12)32-20-14-5-2-7-29-15(14)6-8-30-20/h2,5-8,10-13,31H,1,3-4,9H2,(H,30,32). The summed E-state index contributed by atoms with van der Waals surface area (Å²) in [7, 11) is 0. The number of hydrogen-bond acceptors (Lipinski definition) is 6. The molecule has 184 valence electrons. The highest BCUT2D eigenvalue weighted by Crippen LogP contribution is 2.34. The number of halogens is 6. The lowest BCUT2D eigenvalue weighted by atomic mass is 9.91. The molecule has 1 fully saturated rings. The van der Waals surface area contributed by atoms with Crippen LogP contribution in [0.15, 0.2) is 42.7 Å². The van der Waals surface area contributed by atoms with Crippen molar-refractivity contribution in [2.75, 3.05) is 10.6 Å². The summed E-state index contributed by atoms with van der Waals surface area (Å²) in [5.41, 5.74) is -2.37. The van der Waals surface area contributed by atoms with Gasteiger partial charge in [0.05, 0.1) is 5.52 Å². The van der Waals surface area contributed by atoms with Crippen molar-refractivity contribution in [3.63, 3.8) is 0 Å². The third-order valence-corrected chi connectivity index (χ3v) is 5.90. The Kier molecular flexibility index (Phi) is 5.64. The molecule has 0 aromatic carbocycles. The number of hydrogen-bond donors (Lipinski definition) is 2. The van der Waals surface area contributed by atoms with E-state index in [2.05, 4.69) is 30.7 Å². The molecule has 0 spiro atoms. The van der Waals surface area contributed by atoms with E-state index in [0.29, 0.717) is 30.8 Å². The number of rotatable bonds is 4. The Morgan fingerprint density at radius 3 is 2.34 bits per heavy atom. The van der Waals surface area contributed by atoms with Crippen molar-refractivity contribution < 1.29 is 26.3 Å². The molecule has 2 N–H and O–H groups in total. The van der Waals surface area contributed by atoms with Gasteiger partial charge in [0, 0.05) is 42.0 Å². The van der Waals surface area contributed by atoms with Gasteiger partial charge < -0.3 is 10.6 Å². The van der Waals surface area contributed by atoms with E-state index in [1.807, 2.05) is 6.07 Å². The molecule has 5 rings (SSSR count). The molecule has 0 saturated heterocycles. The van der Waals surface area contributed by atoms with Crippen LogP contribution in [-0.4, -0.2) is 36.6 Å². The van der Waals surface area contributed by atoms with E-state index < -0.39 is 29.4 Å². The maximum Gasteiger partial charge on any atom is 0.435 e. The fourth-order valence-electron chi connectivity index (χ4n) is 4.33. The van der Waals surface area contributed by atoms with Crippen LogP contribution in [0.1, 0.15) is 37.1 Å². The maximum atomic E-state index is 13.4. The summed E-state index contributed by atoms with van der Waals surface area (Å²) >= 11 is 0. The summed E-state index contributed by atoms with van der Waals surface area (Å²) in [6.07, 6.45) is -3.63. The lowest BCUT2D eigenvalue weighted by molar-refractivity contribution is -0.142. The van der Waals surface area contributed by atoms with Gasteiger partial charge in [-0.3, -0.25) is 4.98 Å². The Morgan fingerprint density at radius 2 is 1.60 bits per heavy atom. The van der Waals surface area contributed by atoms with Gasteiger partial charge in [-0.2, -0.15) is 36.0 Å². The molecule has 0 radical (unpaired) electrons. The van der Waals surface area contributed by atoms with Crippen LogP contribution >= 0.6 is 0 Å². The largest absolute Gasteiger partial charge is 0.435 e. The average molecular weight is 495 g/mol. The second kappa shape index (κ2) is 8.54. The zero-order valence-electron chi connectivity index (χ0n) is 18.0. The van der Waals surface area contributed by atoms with E-state index in [1.54, 1.807) is 24.5 Å². The Hall–Kier alpha value is -3.64. The Balaban J connectivity index is 1.41. The zero-order valence-corrected chi connectivity index (χ0v) is 18.0. The first-order valence-electron chi connectivity index (χ1n) is 10.9. The predicted octanol–water partition coefficient (Wildman–Crippen LogP) is 5.55. The number of anilines is 2. The first-order valence-corrected chi connectivity index (χ1v) is 10.9. The van der Waals surface area contributed by atoms with Crippen LogP contribution in [0.4, 0.5) is 38.0 Å². The number of fused-ring (bicyclic) bond motifs is 2. The highest BCUT2D eigenvalue weighted by molar-refractivity contribution is 5.88. The third-order valence-electron chi connectivity index (χ3n) is 5.90. The van der Waals surface area contributed by atoms with E-state index in [0.717, 1.165) is 28.3 Å². The second-order valence-corrected chi connectivity index (χ2v) is 8.40. The van der Waals surface area contributed by atoms with Crippen LogP contribution in [0, 0.1) is 0 Å². The van der Waals surface area contributed by atoms with Crippen molar-refractivity contribution in [1.82, 2.24) is 24.6 Å². The van der Waals surface area contributed by atoms with Gasteiger partial charge in [0.1, 0.15) is 11.6 Å². The smallest absolute Gasteiger partial charge is 0.367 e. The van der Waals surface area contributed by atoms with E-state index in [-0.39, 0.29) is 17.9 Å². The predicted molar refractivity (Wildman–Crippen MR) is 116 cm³/mol. The minimum atomic E-state index is -4.83. The summed E-state index contributed by atoms with van der Waals surface area (Å²) in [4.78, 5) is 12.0. The van der Waals surface area contributed by atoms with Gasteiger partial charge in [0.15, 0.2) is 17.0 Å². The van der Waals surface area contributed by atoms with Gasteiger partial charge in [-0.15, -0.1) is 0 Å². The molecule has 4 aromatic rings. The van der Waals surface area contributed by atoms with Gasteiger partial charge in [-0.1, -0.05) is 0 Å². The Morgan fingerprint density at radius 1 is 0.857 bits per heavy atom. The lowest BCUT2D eigenvalue weighted by Crippen LogP contribution is -2.35. The molecule has 2 atom stereocenters. The summed E-state index contributed by atoms with van der Waals surface area (Å²) in [5, 5.41) is 10.7. The molecule has 4 heterocycles. The molecule has 13 heteroatoms. The molecule has 4 aromatic heterocycles. The van der Waals surface area contributed by atoms with Crippen LogP contribution in [0.2, 0.25) is 0 Å². The van der Waals surface area contributed by atoms with Crippen molar-refractivity contribution in [1.29, 1.82) is 0 Å². The van der Waals surface area contributed by atoms with Crippen molar-refractivity contribution in [3.8, 4) is 0 Å². The summed E-state index contributed by atoms with van der Waals surface area (Å²) < 4.78 is 80.4. The summed E-state index contributed by atoms with van der Waals surface area (Å²) in [5.74, 6) is 0.449. The highest BCUT2D eigenvalue weighted by atomic mass is 19.4. The molecule has 1 aliphatic rings. The van der Waals surface area contributed by atoms with Crippen LogP contribution in [0.25, 0.3) is 16.6 Å². The van der Waals surface area contributed by atoms with Crippen molar-refractivity contribution in [2.24, 2.45) is 0 Å². The molecule has 1 saturated carbocycles. The molecule has 7 nitrogen and oxygen atoms in total. The molecule has 35 heavy (non-hydrogen) atoms. The SMILES string of the molecule is FC(F)(F)c1cc(NC2CCCC(Nc3nccc4ncccc34)C2)n2nc(C(F)(F)F)cc2n1.